The van der Waals surface area contributed by atoms with Crippen LogP contribution >= 0.6 is 0 Å². The van der Waals surface area contributed by atoms with Gasteiger partial charge in [-0.1, -0.05) is 19.1 Å². The number of carbonyl (C=O) groups is 1. The van der Waals surface area contributed by atoms with Gasteiger partial charge in [0, 0.05) is 24.7 Å². The highest BCUT2D eigenvalue weighted by Crippen LogP contribution is 2.26. The largest absolute Gasteiger partial charge is 0.478 e. The van der Waals surface area contributed by atoms with E-state index in [0.717, 1.165) is 35.9 Å². The number of aliphatic hydroxyl groups excluding tert-OH is 1. The van der Waals surface area contributed by atoms with Gasteiger partial charge < -0.3 is 14.8 Å². The summed E-state index contributed by atoms with van der Waals surface area (Å²) >= 11 is 0. The smallest absolute Gasteiger partial charge is 0.337 e. The minimum atomic E-state index is -0.894. The SMILES string of the molecule is CCCn1cc(CCCO)c2cccc(C(=O)O)c21. The van der Waals surface area contributed by atoms with Gasteiger partial charge in [-0.3, -0.25) is 0 Å². The van der Waals surface area contributed by atoms with Gasteiger partial charge in [-0.2, -0.15) is 0 Å². The number of para-hydroxylation sites is 1. The van der Waals surface area contributed by atoms with Crippen LogP contribution in [0, 0.1) is 0 Å². The maximum Gasteiger partial charge on any atom is 0.337 e. The normalized spacial score (nSPS) is 11.1. The zero-order valence-electron chi connectivity index (χ0n) is 11.1. The molecule has 0 amide bonds. The van der Waals surface area contributed by atoms with Crippen LogP contribution in [0.1, 0.15) is 35.7 Å². The Labute approximate surface area is 112 Å². The molecule has 4 heteroatoms. The predicted octanol–water partition coefficient (Wildman–Crippen LogP) is 2.67. The quantitative estimate of drug-likeness (QED) is 0.840. The molecule has 0 saturated heterocycles. The van der Waals surface area contributed by atoms with Gasteiger partial charge in [-0.15, -0.1) is 0 Å². The molecule has 0 aliphatic rings. The summed E-state index contributed by atoms with van der Waals surface area (Å²) in [5, 5.41) is 19.2. The van der Waals surface area contributed by atoms with Crippen LogP contribution in [-0.4, -0.2) is 27.4 Å². The van der Waals surface area contributed by atoms with Gasteiger partial charge in [-0.05, 0) is 30.9 Å². The molecule has 2 rings (SSSR count). The lowest BCUT2D eigenvalue weighted by Crippen LogP contribution is -2.02. The Morgan fingerprint density at radius 2 is 2.16 bits per heavy atom. The average Bonchev–Trinajstić information content (AvgIpc) is 2.75. The molecule has 1 aromatic carbocycles. The van der Waals surface area contributed by atoms with Gasteiger partial charge in [0.2, 0.25) is 0 Å². The topological polar surface area (TPSA) is 62.5 Å². The molecule has 4 nitrogen and oxygen atoms in total. The van der Waals surface area contributed by atoms with E-state index < -0.39 is 5.97 Å². The van der Waals surface area contributed by atoms with Gasteiger partial charge in [0.05, 0.1) is 11.1 Å². The Bertz CT molecular complexity index is 586. The fraction of sp³-hybridized carbons (Fsp3) is 0.400. The van der Waals surface area contributed by atoms with Crippen LogP contribution < -0.4 is 0 Å². The van der Waals surface area contributed by atoms with E-state index >= 15 is 0 Å². The number of hydrogen-bond acceptors (Lipinski definition) is 2. The molecule has 0 radical (unpaired) electrons. The Balaban J connectivity index is 2.60. The summed E-state index contributed by atoms with van der Waals surface area (Å²) in [7, 11) is 0. The lowest BCUT2D eigenvalue weighted by Gasteiger charge is -2.05. The summed E-state index contributed by atoms with van der Waals surface area (Å²) < 4.78 is 2.02. The number of fused-ring (bicyclic) bond motifs is 1. The third-order valence-electron chi connectivity index (χ3n) is 3.28. The Kier molecular flexibility index (Phi) is 4.22. The fourth-order valence-corrected chi connectivity index (χ4v) is 2.49. The molecule has 0 saturated carbocycles. The number of aromatic nitrogens is 1. The third-order valence-corrected chi connectivity index (χ3v) is 3.28. The molecule has 19 heavy (non-hydrogen) atoms. The van der Waals surface area contributed by atoms with Gasteiger partial charge in [0.15, 0.2) is 0 Å². The number of benzene rings is 1. The highest BCUT2D eigenvalue weighted by Gasteiger charge is 2.15. The summed E-state index contributed by atoms with van der Waals surface area (Å²) in [6.45, 7) is 3.03. The zero-order chi connectivity index (χ0) is 13.8. The second kappa shape index (κ2) is 5.89. The number of rotatable bonds is 6. The lowest BCUT2D eigenvalue weighted by molar-refractivity contribution is 0.0698. The van der Waals surface area contributed by atoms with Crippen molar-refractivity contribution >= 4 is 16.9 Å². The van der Waals surface area contributed by atoms with Crippen molar-refractivity contribution in [1.29, 1.82) is 0 Å². The molecule has 0 aliphatic heterocycles. The van der Waals surface area contributed by atoms with E-state index in [1.807, 2.05) is 16.8 Å². The molecule has 0 bridgehead atoms. The number of hydrogen-bond donors (Lipinski definition) is 2. The molecule has 102 valence electrons. The monoisotopic (exact) mass is 261 g/mol. The van der Waals surface area contributed by atoms with Crippen molar-refractivity contribution in [3.05, 3.63) is 35.5 Å². The van der Waals surface area contributed by atoms with E-state index in [9.17, 15) is 9.90 Å². The molecule has 2 aromatic rings. The maximum absolute atomic E-state index is 11.3. The van der Waals surface area contributed by atoms with Crippen molar-refractivity contribution in [2.75, 3.05) is 6.61 Å². The standard InChI is InChI=1S/C15H19NO3/c1-2-8-16-10-11(5-4-9-17)12-6-3-7-13(14(12)16)15(18)19/h3,6-7,10,17H,2,4-5,8-9H2,1H3,(H,18,19). The highest BCUT2D eigenvalue weighted by atomic mass is 16.4. The van der Waals surface area contributed by atoms with Crippen LogP contribution in [0.3, 0.4) is 0 Å². The number of carboxylic acids is 1. The molecular weight excluding hydrogens is 242 g/mol. The van der Waals surface area contributed by atoms with Crippen LogP contribution in [0.4, 0.5) is 0 Å². The average molecular weight is 261 g/mol. The van der Waals surface area contributed by atoms with Crippen molar-refractivity contribution in [1.82, 2.24) is 4.57 Å². The third kappa shape index (κ3) is 2.63. The Hall–Kier alpha value is -1.81. The summed E-state index contributed by atoms with van der Waals surface area (Å²) in [5.74, 6) is -0.894. The van der Waals surface area contributed by atoms with Crippen molar-refractivity contribution in [3.63, 3.8) is 0 Å². The molecular formula is C15H19NO3. The fourth-order valence-electron chi connectivity index (χ4n) is 2.49. The first-order chi connectivity index (χ1) is 9.19. The van der Waals surface area contributed by atoms with Gasteiger partial charge in [-0.25, -0.2) is 4.79 Å². The number of aliphatic hydroxyl groups is 1. The number of nitrogens with zero attached hydrogens (tertiary/aromatic N) is 1. The predicted molar refractivity (Wildman–Crippen MR) is 74.6 cm³/mol. The second-order valence-corrected chi connectivity index (χ2v) is 4.68. The van der Waals surface area contributed by atoms with Crippen molar-refractivity contribution < 1.29 is 15.0 Å². The summed E-state index contributed by atoms with van der Waals surface area (Å²) in [6, 6.07) is 5.39. The van der Waals surface area contributed by atoms with E-state index in [1.54, 1.807) is 12.1 Å². The number of aromatic carboxylic acids is 1. The Morgan fingerprint density at radius 3 is 2.79 bits per heavy atom. The van der Waals surface area contributed by atoms with Crippen molar-refractivity contribution in [2.24, 2.45) is 0 Å². The van der Waals surface area contributed by atoms with Gasteiger partial charge in [0.1, 0.15) is 0 Å². The van der Waals surface area contributed by atoms with Crippen LogP contribution in [0.5, 0.6) is 0 Å². The summed E-state index contributed by atoms with van der Waals surface area (Å²) in [5.41, 5.74) is 2.26. The van der Waals surface area contributed by atoms with E-state index in [2.05, 4.69) is 6.92 Å². The van der Waals surface area contributed by atoms with Crippen LogP contribution in [0.2, 0.25) is 0 Å². The van der Waals surface area contributed by atoms with Crippen LogP contribution in [0.15, 0.2) is 24.4 Å². The molecule has 1 heterocycles. The van der Waals surface area contributed by atoms with Crippen LogP contribution in [0.25, 0.3) is 10.9 Å². The first kappa shape index (κ1) is 13.6. The Morgan fingerprint density at radius 1 is 1.37 bits per heavy atom. The second-order valence-electron chi connectivity index (χ2n) is 4.68. The number of carboxylic acid groups (broad SMARTS) is 1. The van der Waals surface area contributed by atoms with E-state index in [-0.39, 0.29) is 6.61 Å². The van der Waals surface area contributed by atoms with Gasteiger partial charge in [0.25, 0.3) is 0 Å². The molecule has 0 atom stereocenters. The molecule has 0 unspecified atom stereocenters. The van der Waals surface area contributed by atoms with Crippen molar-refractivity contribution in [3.8, 4) is 0 Å². The highest BCUT2D eigenvalue weighted by molar-refractivity contribution is 6.03. The molecule has 0 spiro atoms. The molecule has 0 aliphatic carbocycles. The summed E-state index contributed by atoms with van der Waals surface area (Å²) in [6.07, 6.45) is 4.45. The first-order valence-corrected chi connectivity index (χ1v) is 6.64. The lowest BCUT2D eigenvalue weighted by atomic mass is 10.1. The van der Waals surface area contributed by atoms with Gasteiger partial charge >= 0.3 is 5.97 Å². The minimum Gasteiger partial charge on any atom is -0.478 e. The van der Waals surface area contributed by atoms with E-state index in [0.29, 0.717) is 12.0 Å². The zero-order valence-corrected chi connectivity index (χ0v) is 11.1. The maximum atomic E-state index is 11.3. The van der Waals surface area contributed by atoms with E-state index in [4.69, 9.17) is 5.11 Å². The first-order valence-electron chi connectivity index (χ1n) is 6.64. The number of aryl methyl sites for hydroxylation is 2. The molecule has 1 aromatic heterocycles. The van der Waals surface area contributed by atoms with E-state index in [1.165, 1.54) is 0 Å². The molecule has 0 fully saturated rings. The summed E-state index contributed by atoms with van der Waals surface area (Å²) in [4.78, 5) is 11.3. The molecule has 2 N–H and O–H groups in total. The van der Waals surface area contributed by atoms with Crippen molar-refractivity contribution in [2.45, 2.75) is 32.7 Å². The van der Waals surface area contributed by atoms with Crippen LogP contribution in [-0.2, 0) is 13.0 Å². The minimum absolute atomic E-state index is 0.152.